The highest BCUT2D eigenvalue weighted by atomic mass is 35.5. The molecule has 3 rings (SSSR count). The minimum absolute atomic E-state index is 0.0109. The van der Waals surface area contributed by atoms with Crippen LogP contribution >= 0.6 is 11.6 Å². The van der Waals surface area contributed by atoms with Gasteiger partial charge in [0.15, 0.2) is 0 Å². The van der Waals surface area contributed by atoms with Gasteiger partial charge in [0.25, 0.3) is 5.91 Å². The Morgan fingerprint density at radius 3 is 2.00 bits per heavy atom. The maximum Gasteiger partial charge on any atom is 0.416 e. The summed E-state index contributed by atoms with van der Waals surface area (Å²) in [5, 5.41) is 0.0109. The van der Waals surface area contributed by atoms with E-state index in [-0.39, 0.29) is 22.5 Å². The summed E-state index contributed by atoms with van der Waals surface area (Å²) in [7, 11) is 1.17. The molecule has 0 aliphatic heterocycles. The van der Waals surface area contributed by atoms with Crippen LogP contribution in [0, 0.1) is 12.7 Å². The number of pyridine rings is 1. The molecular weight excluding hydrogens is 477 g/mol. The van der Waals surface area contributed by atoms with Gasteiger partial charge < -0.3 is 4.90 Å². The Kier molecular flexibility index (Phi) is 6.43. The Balaban J connectivity index is 2.14. The molecular formula is C22H14ClF7N2O. The summed E-state index contributed by atoms with van der Waals surface area (Å²) in [6.07, 6.45) is -9.06. The lowest BCUT2D eigenvalue weighted by Gasteiger charge is -2.22. The van der Waals surface area contributed by atoms with Crippen LogP contribution < -0.4 is 4.90 Å². The highest BCUT2D eigenvalue weighted by molar-refractivity contribution is 6.29. The molecule has 1 amide bonds. The SMILES string of the molecule is Cc1cc(F)ccc1-c1cc(Cl)ncc1N(C)C(=O)c1cc(C(F)(F)F)cc(C(F)(F)F)c1. The highest BCUT2D eigenvalue weighted by Crippen LogP contribution is 2.38. The molecule has 33 heavy (non-hydrogen) atoms. The molecule has 3 aromatic rings. The van der Waals surface area contributed by atoms with Crippen LogP contribution in [-0.2, 0) is 12.4 Å². The molecule has 0 spiro atoms. The lowest BCUT2D eigenvalue weighted by atomic mass is 9.99. The third kappa shape index (κ3) is 5.27. The van der Waals surface area contributed by atoms with E-state index < -0.39 is 40.8 Å². The normalized spacial score (nSPS) is 12.1. The molecule has 0 saturated carbocycles. The number of aryl methyl sites for hydroxylation is 1. The zero-order chi connectivity index (χ0) is 24.7. The first-order valence-electron chi connectivity index (χ1n) is 9.18. The molecule has 0 bridgehead atoms. The number of amides is 1. The van der Waals surface area contributed by atoms with Gasteiger partial charge in [-0.3, -0.25) is 4.79 Å². The first-order chi connectivity index (χ1) is 15.2. The predicted molar refractivity (Wildman–Crippen MR) is 109 cm³/mol. The van der Waals surface area contributed by atoms with E-state index in [2.05, 4.69) is 4.98 Å². The standard InChI is InChI=1S/C22H14ClF7N2O/c1-11-5-15(24)3-4-16(11)17-9-19(23)31-10-18(17)32(2)20(33)12-6-13(21(25,26)27)8-14(7-12)22(28,29)30/h3-10H,1-2H3. The Labute approximate surface area is 188 Å². The maximum absolute atomic E-state index is 13.5. The summed E-state index contributed by atoms with van der Waals surface area (Å²) in [5.41, 5.74) is -2.82. The average molecular weight is 491 g/mol. The lowest BCUT2D eigenvalue weighted by Crippen LogP contribution is -2.28. The Bertz CT molecular complexity index is 1190. The number of carbonyl (C=O) groups is 1. The van der Waals surface area contributed by atoms with Gasteiger partial charge in [-0.2, -0.15) is 26.3 Å². The summed E-state index contributed by atoms with van der Waals surface area (Å²) in [5.74, 6) is -1.66. The summed E-state index contributed by atoms with van der Waals surface area (Å²) in [6, 6.07) is 5.77. The number of rotatable bonds is 3. The van der Waals surface area contributed by atoms with Crippen molar-refractivity contribution < 1.29 is 35.5 Å². The molecule has 3 nitrogen and oxygen atoms in total. The van der Waals surface area contributed by atoms with E-state index in [1.807, 2.05) is 0 Å². The summed E-state index contributed by atoms with van der Waals surface area (Å²) in [6.45, 7) is 1.58. The average Bonchev–Trinajstić information content (AvgIpc) is 2.71. The molecule has 0 radical (unpaired) electrons. The van der Waals surface area contributed by atoms with Gasteiger partial charge in [0.2, 0.25) is 0 Å². The fourth-order valence-corrected chi connectivity index (χ4v) is 3.37. The third-order valence-corrected chi connectivity index (χ3v) is 5.04. The minimum atomic E-state index is -5.10. The largest absolute Gasteiger partial charge is 0.416 e. The number of aromatic nitrogens is 1. The second-order valence-corrected chi connectivity index (χ2v) is 7.53. The van der Waals surface area contributed by atoms with Gasteiger partial charge in [0.05, 0.1) is 23.0 Å². The summed E-state index contributed by atoms with van der Waals surface area (Å²) >= 11 is 5.95. The molecule has 174 valence electrons. The Morgan fingerprint density at radius 1 is 0.909 bits per heavy atom. The van der Waals surface area contributed by atoms with Gasteiger partial charge in [-0.25, -0.2) is 9.37 Å². The molecule has 1 aromatic heterocycles. The number of hydrogen-bond acceptors (Lipinski definition) is 2. The molecule has 0 N–H and O–H groups in total. The second-order valence-electron chi connectivity index (χ2n) is 7.14. The molecule has 0 atom stereocenters. The fraction of sp³-hybridized carbons (Fsp3) is 0.182. The van der Waals surface area contributed by atoms with Crippen molar-refractivity contribution in [2.24, 2.45) is 0 Å². The molecule has 0 saturated heterocycles. The fourth-order valence-electron chi connectivity index (χ4n) is 3.22. The summed E-state index contributed by atoms with van der Waals surface area (Å²) in [4.78, 5) is 17.7. The zero-order valence-electron chi connectivity index (χ0n) is 16.9. The van der Waals surface area contributed by atoms with E-state index in [4.69, 9.17) is 11.6 Å². The van der Waals surface area contributed by atoms with Crippen LogP contribution in [0.15, 0.2) is 48.7 Å². The third-order valence-electron chi connectivity index (χ3n) is 4.83. The Morgan fingerprint density at radius 2 is 1.48 bits per heavy atom. The lowest BCUT2D eigenvalue weighted by molar-refractivity contribution is -0.143. The zero-order valence-corrected chi connectivity index (χ0v) is 17.7. The smallest absolute Gasteiger partial charge is 0.309 e. The molecule has 0 unspecified atom stereocenters. The van der Waals surface area contributed by atoms with Gasteiger partial charge >= 0.3 is 12.4 Å². The highest BCUT2D eigenvalue weighted by Gasteiger charge is 2.38. The van der Waals surface area contributed by atoms with Crippen LogP contribution in [0.1, 0.15) is 27.0 Å². The monoisotopic (exact) mass is 490 g/mol. The predicted octanol–water partition coefficient (Wildman–Crippen LogP) is 7.16. The van der Waals surface area contributed by atoms with Gasteiger partial charge in [-0.1, -0.05) is 17.7 Å². The first-order valence-corrected chi connectivity index (χ1v) is 9.56. The van der Waals surface area contributed by atoms with Crippen LogP contribution in [-0.4, -0.2) is 17.9 Å². The van der Waals surface area contributed by atoms with Crippen LogP contribution in [0.25, 0.3) is 11.1 Å². The van der Waals surface area contributed by atoms with Crippen molar-refractivity contribution in [1.29, 1.82) is 0 Å². The first kappa shape index (κ1) is 24.5. The van der Waals surface area contributed by atoms with Crippen LogP contribution in [0.2, 0.25) is 5.15 Å². The van der Waals surface area contributed by atoms with Crippen molar-refractivity contribution in [3.05, 3.63) is 81.9 Å². The topological polar surface area (TPSA) is 33.2 Å². The molecule has 0 aliphatic carbocycles. The van der Waals surface area contributed by atoms with Crippen molar-refractivity contribution in [1.82, 2.24) is 4.98 Å². The van der Waals surface area contributed by atoms with Crippen LogP contribution in [0.4, 0.5) is 36.4 Å². The quantitative estimate of drug-likeness (QED) is 0.288. The number of benzene rings is 2. The van der Waals surface area contributed by atoms with Crippen LogP contribution in [0.5, 0.6) is 0 Å². The number of carbonyl (C=O) groups excluding carboxylic acids is 1. The van der Waals surface area contributed by atoms with E-state index in [0.717, 1.165) is 17.2 Å². The number of anilines is 1. The van der Waals surface area contributed by atoms with E-state index in [1.54, 1.807) is 6.92 Å². The van der Waals surface area contributed by atoms with Crippen molar-refractivity contribution in [3.8, 4) is 11.1 Å². The van der Waals surface area contributed by atoms with Gasteiger partial charge in [-0.15, -0.1) is 0 Å². The Hall–Kier alpha value is -3.14. The van der Waals surface area contributed by atoms with E-state index in [0.29, 0.717) is 23.3 Å². The maximum atomic E-state index is 13.5. The number of nitrogens with zero attached hydrogens (tertiary/aromatic N) is 2. The summed E-state index contributed by atoms with van der Waals surface area (Å²) < 4.78 is 92.6. The van der Waals surface area contributed by atoms with E-state index >= 15 is 0 Å². The van der Waals surface area contributed by atoms with E-state index in [1.165, 1.54) is 25.2 Å². The van der Waals surface area contributed by atoms with Crippen molar-refractivity contribution in [2.75, 3.05) is 11.9 Å². The molecule has 0 fully saturated rings. The van der Waals surface area contributed by atoms with Crippen molar-refractivity contribution >= 4 is 23.2 Å². The number of alkyl halides is 6. The number of hydrogen-bond donors (Lipinski definition) is 0. The van der Waals surface area contributed by atoms with Crippen molar-refractivity contribution in [2.45, 2.75) is 19.3 Å². The van der Waals surface area contributed by atoms with E-state index in [9.17, 15) is 35.5 Å². The number of halogens is 8. The van der Waals surface area contributed by atoms with Gasteiger partial charge in [0, 0.05) is 18.2 Å². The van der Waals surface area contributed by atoms with Gasteiger partial charge in [0.1, 0.15) is 11.0 Å². The molecule has 11 heteroatoms. The van der Waals surface area contributed by atoms with Crippen molar-refractivity contribution in [3.63, 3.8) is 0 Å². The van der Waals surface area contributed by atoms with Gasteiger partial charge in [-0.05, 0) is 54.4 Å². The molecule has 1 heterocycles. The minimum Gasteiger partial charge on any atom is -0.309 e. The molecule has 2 aromatic carbocycles. The second kappa shape index (κ2) is 8.66. The molecule has 0 aliphatic rings. The van der Waals surface area contributed by atoms with Crippen LogP contribution in [0.3, 0.4) is 0 Å².